The van der Waals surface area contributed by atoms with Crippen LogP contribution in [0.15, 0.2) is 60.7 Å². The topological polar surface area (TPSA) is 17.1 Å². The van der Waals surface area contributed by atoms with Gasteiger partial charge in [-0.1, -0.05) is 83.9 Å². The smallest absolute Gasteiger partial charge is 0.217 e. The highest BCUT2D eigenvalue weighted by molar-refractivity contribution is 7.88. The third-order valence-corrected chi connectivity index (χ3v) is 5.41. The number of halogens is 2. The molecule has 4 heteroatoms. The summed E-state index contributed by atoms with van der Waals surface area (Å²) in [7, 11) is -1.40. The van der Waals surface area contributed by atoms with Gasteiger partial charge in [-0.05, 0) is 5.56 Å². The number of rotatable bonds is 4. The van der Waals surface area contributed by atoms with E-state index in [1.54, 1.807) is 12.1 Å². The molecule has 0 unspecified atom stereocenters. The van der Waals surface area contributed by atoms with E-state index in [1.165, 1.54) is 0 Å². The van der Waals surface area contributed by atoms with Crippen LogP contribution in [0.2, 0.25) is 0 Å². The highest BCUT2D eigenvalue weighted by Crippen LogP contribution is 2.38. The Morgan fingerprint density at radius 3 is 1.94 bits per heavy atom. The molecule has 0 bridgehead atoms. The Labute approximate surface area is 119 Å². The zero-order valence-corrected chi connectivity index (χ0v) is 11.9. The van der Waals surface area contributed by atoms with Gasteiger partial charge >= 0.3 is 0 Å². The van der Waals surface area contributed by atoms with E-state index in [4.69, 9.17) is 23.2 Å². The van der Waals surface area contributed by atoms with Crippen molar-refractivity contribution in [3.8, 4) is 0 Å². The molecule has 94 valence electrons. The van der Waals surface area contributed by atoms with Crippen LogP contribution in [0.4, 0.5) is 0 Å². The molecule has 0 aliphatic rings. The first-order valence-corrected chi connectivity index (χ1v) is 7.54. The summed E-state index contributed by atoms with van der Waals surface area (Å²) in [6.45, 7) is 0. The lowest BCUT2D eigenvalue weighted by Gasteiger charge is -2.19. The van der Waals surface area contributed by atoms with Gasteiger partial charge in [0.05, 0.1) is 16.6 Å². The van der Waals surface area contributed by atoms with Crippen LogP contribution in [0, 0.1) is 0 Å². The van der Waals surface area contributed by atoms with Gasteiger partial charge in [-0.15, -0.1) is 0 Å². The van der Waals surface area contributed by atoms with Gasteiger partial charge in [0.15, 0.2) is 0 Å². The average Bonchev–Trinajstić information content (AvgIpc) is 2.41. The van der Waals surface area contributed by atoms with E-state index < -0.39 is 14.5 Å². The number of benzene rings is 2. The summed E-state index contributed by atoms with van der Waals surface area (Å²) < 4.78 is 10.9. The van der Waals surface area contributed by atoms with Crippen LogP contribution >= 0.6 is 23.2 Å². The van der Waals surface area contributed by atoms with Gasteiger partial charge in [-0.25, -0.2) is 0 Å². The van der Waals surface area contributed by atoms with Gasteiger partial charge in [-0.2, -0.15) is 0 Å². The fraction of sp³-hybridized carbons (Fsp3) is 0.143. The molecule has 0 radical (unpaired) electrons. The fourth-order valence-electron chi connectivity index (χ4n) is 1.58. The summed E-state index contributed by atoms with van der Waals surface area (Å²) >= 11 is 12.5. The second kappa shape index (κ2) is 5.87. The monoisotopic (exact) mass is 298 g/mol. The molecule has 18 heavy (non-hydrogen) atoms. The third kappa shape index (κ3) is 3.14. The first kappa shape index (κ1) is 13.6. The van der Waals surface area contributed by atoms with E-state index in [0.717, 1.165) is 5.56 Å². The average molecular weight is 299 g/mol. The lowest BCUT2D eigenvalue weighted by atomic mass is 10.2. The van der Waals surface area contributed by atoms with Crippen LogP contribution in [0.1, 0.15) is 11.1 Å². The molecule has 1 atom stereocenters. The molecule has 0 amide bonds. The molecular formula is C14H12Cl2OS. The molecule has 2 aromatic rings. The van der Waals surface area contributed by atoms with Gasteiger partial charge in [-0.3, -0.25) is 4.21 Å². The van der Waals surface area contributed by atoms with E-state index in [1.807, 2.05) is 48.5 Å². The molecule has 0 saturated heterocycles. The van der Waals surface area contributed by atoms with Crippen molar-refractivity contribution >= 4 is 34.0 Å². The maximum Gasteiger partial charge on any atom is 0.217 e. The molecule has 0 heterocycles. The van der Waals surface area contributed by atoms with Crippen molar-refractivity contribution in [2.45, 2.75) is 9.42 Å². The van der Waals surface area contributed by atoms with Crippen LogP contribution in [0.3, 0.4) is 0 Å². The quantitative estimate of drug-likeness (QED) is 0.772. The fourth-order valence-corrected chi connectivity index (χ4v) is 3.23. The van der Waals surface area contributed by atoms with Crippen molar-refractivity contribution in [2.75, 3.05) is 0 Å². The van der Waals surface area contributed by atoms with Crippen molar-refractivity contribution in [3.05, 3.63) is 71.8 Å². The minimum atomic E-state index is -1.40. The molecule has 1 nitrogen and oxygen atoms in total. The van der Waals surface area contributed by atoms with Crippen LogP contribution in [-0.4, -0.2) is 4.21 Å². The SMILES string of the molecule is O=[S@@](Cc1ccccc1)C(Cl)(Cl)c1ccccc1. The van der Waals surface area contributed by atoms with E-state index in [2.05, 4.69) is 0 Å². The maximum absolute atomic E-state index is 12.3. The Bertz CT molecular complexity index is 526. The third-order valence-electron chi connectivity index (χ3n) is 2.54. The predicted octanol–water partition coefficient (Wildman–Crippen LogP) is 4.22. The molecular weight excluding hydrogens is 287 g/mol. The van der Waals surface area contributed by atoms with Gasteiger partial charge in [0.2, 0.25) is 3.67 Å². The summed E-state index contributed by atoms with van der Waals surface area (Å²) in [6.07, 6.45) is 0. The van der Waals surface area contributed by atoms with Crippen molar-refractivity contribution in [1.82, 2.24) is 0 Å². The summed E-state index contributed by atoms with van der Waals surface area (Å²) in [5.41, 5.74) is 1.61. The Hall–Kier alpha value is -0.830. The van der Waals surface area contributed by atoms with E-state index in [9.17, 15) is 4.21 Å². The van der Waals surface area contributed by atoms with E-state index in [-0.39, 0.29) is 0 Å². The highest BCUT2D eigenvalue weighted by atomic mass is 35.5. The van der Waals surface area contributed by atoms with Crippen LogP contribution < -0.4 is 0 Å². The van der Waals surface area contributed by atoms with Crippen molar-refractivity contribution in [1.29, 1.82) is 0 Å². The van der Waals surface area contributed by atoms with Crippen molar-refractivity contribution in [2.24, 2.45) is 0 Å². The second-order valence-corrected chi connectivity index (χ2v) is 7.23. The summed E-state index contributed by atoms with van der Waals surface area (Å²) in [6, 6.07) is 18.6. The lowest BCUT2D eigenvalue weighted by molar-refractivity contribution is 0.678. The zero-order chi connectivity index (χ0) is 13.0. The first-order valence-electron chi connectivity index (χ1n) is 5.46. The molecule has 0 fully saturated rings. The number of alkyl halides is 2. The van der Waals surface area contributed by atoms with Gasteiger partial charge < -0.3 is 0 Å². The Morgan fingerprint density at radius 1 is 0.889 bits per heavy atom. The van der Waals surface area contributed by atoms with E-state index in [0.29, 0.717) is 11.3 Å². The van der Waals surface area contributed by atoms with E-state index >= 15 is 0 Å². The van der Waals surface area contributed by atoms with Crippen LogP contribution in [0.25, 0.3) is 0 Å². The van der Waals surface area contributed by atoms with Gasteiger partial charge in [0.25, 0.3) is 0 Å². The highest BCUT2D eigenvalue weighted by Gasteiger charge is 2.33. The molecule has 2 aromatic carbocycles. The summed E-state index contributed by atoms with van der Waals surface area (Å²) in [4.78, 5) is 0. The van der Waals surface area contributed by atoms with Crippen LogP contribution in [-0.2, 0) is 20.2 Å². The Morgan fingerprint density at radius 2 is 1.39 bits per heavy atom. The van der Waals surface area contributed by atoms with Crippen molar-refractivity contribution < 1.29 is 4.21 Å². The zero-order valence-electron chi connectivity index (χ0n) is 9.55. The normalized spacial score (nSPS) is 13.2. The molecule has 0 saturated carbocycles. The largest absolute Gasteiger partial charge is 0.256 e. The number of hydrogen-bond donors (Lipinski definition) is 0. The second-order valence-electron chi connectivity index (χ2n) is 3.86. The predicted molar refractivity (Wildman–Crippen MR) is 78.1 cm³/mol. The first-order chi connectivity index (χ1) is 8.60. The number of hydrogen-bond acceptors (Lipinski definition) is 1. The minimum absolute atomic E-state index is 0.336. The maximum atomic E-state index is 12.3. The summed E-state index contributed by atoms with van der Waals surface area (Å²) in [5.74, 6) is 0.336. The Kier molecular flexibility index (Phi) is 4.44. The Balaban J connectivity index is 2.18. The lowest BCUT2D eigenvalue weighted by Crippen LogP contribution is -2.19. The molecule has 0 aromatic heterocycles. The standard InChI is InChI=1S/C14H12Cl2OS/c15-14(16,13-9-5-2-6-10-13)18(17)11-12-7-3-1-4-8-12/h1-10H,11H2/t18-/m0/s1. The van der Waals surface area contributed by atoms with Gasteiger partial charge in [0, 0.05) is 5.56 Å². The molecule has 0 aliphatic carbocycles. The summed E-state index contributed by atoms with van der Waals surface area (Å²) in [5, 5.41) is 0. The van der Waals surface area contributed by atoms with Crippen LogP contribution in [0.5, 0.6) is 0 Å². The molecule has 2 rings (SSSR count). The molecule has 0 aliphatic heterocycles. The molecule has 0 N–H and O–H groups in total. The van der Waals surface area contributed by atoms with Crippen molar-refractivity contribution in [3.63, 3.8) is 0 Å². The molecule has 0 spiro atoms. The minimum Gasteiger partial charge on any atom is -0.256 e. The van der Waals surface area contributed by atoms with Gasteiger partial charge in [0.1, 0.15) is 0 Å².